The van der Waals surface area contributed by atoms with Crippen LogP contribution >= 0.6 is 0 Å². The van der Waals surface area contributed by atoms with Crippen LogP contribution < -0.4 is 10.9 Å². The van der Waals surface area contributed by atoms with Crippen molar-refractivity contribution in [2.75, 3.05) is 7.05 Å². The van der Waals surface area contributed by atoms with E-state index in [2.05, 4.69) is 21.9 Å². The number of nitrogens with zero attached hydrogens (tertiary/aromatic N) is 3. The average molecular weight is 493 g/mol. The molecule has 0 saturated carbocycles. The van der Waals surface area contributed by atoms with Crippen molar-refractivity contribution in [3.05, 3.63) is 81.6 Å². The Labute approximate surface area is 212 Å². The molecule has 192 valence electrons. The highest BCUT2D eigenvalue weighted by Crippen LogP contribution is 2.24. The van der Waals surface area contributed by atoms with Gasteiger partial charge in [0.05, 0.1) is 12.5 Å². The second kappa shape index (κ2) is 12.8. The van der Waals surface area contributed by atoms with E-state index in [1.54, 1.807) is 37.8 Å². The van der Waals surface area contributed by atoms with Gasteiger partial charge in [0, 0.05) is 48.6 Å². The number of hydrogen-bond donors (Lipinski definition) is 2. The highest BCUT2D eigenvalue weighted by molar-refractivity contribution is 6.11. The highest BCUT2D eigenvalue weighted by atomic mass is 16.4. The van der Waals surface area contributed by atoms with Crippen LogP contribution in [0.15, 0.2) is 58.6 Å². The van der Waals surface area contributed by atoms with Gasteiger partial charge in [-0.2, -0.15) is 0 Å². The second-order valence-corrected chi connectivity index (χ2v) is 9.40. The molecule has 8 nitrogen and oxygen atoms in total. The molecule has 0 bridgehead atoms. The molecule has 0 saturated heterocycles. The van der Waals surface area contributed by atoms with Gasteiger partial charge in [-0.05, 0) is 68.0 Å². The number of carboxylic acid groups (broad SMARTS) is 1. The molecule has 2 N–H and O–H groups in total. The second-order valence-electron chi connectivity index (χ2n) is 9.40. The van der Waals surface area contributed by atoms with Gasteiger partial charge in [0.15, 0.2) is 0 Å². The number of aliphatic carboxylic acids is 1. The van der Waals surface area contributed by atoms with Crippen LogP contribution in [-0.2, 0) is 9.59 Å². The maximum atomic E-state index is 13.4. The summed E-state index contributed by atoms with van der Waals surface area (Å²) >= 11 is 0. The maximum Gasteiger partial charge on any atom is 0.305 e. The van der Waals surface area contributed by atoms with Crippen LogP contribution in [0.5, 0.6) is 0 Å². The van der Waals surface area contributed by atoms with E-state index in [9.17, 15) is 19.5 Å². The van der Waals surface area contributed by atoms with E-state index < -0.39 is 24.0 Å². The molecule has 2 aromatic heterocycles. The molecule has 2 aromatic rings. The summed E-state index contributed by atoms with van der Waals surface area (Å²) in [5, 5.41) is 12.4. The molecule has 1 amide bonds. The lowest BCUT2D eigenvalue weighted by Crippen LogP contribution is -2.44. The Balaban J connectivity index is 2.46. The number of carboxylic acids is 1. The third kappa shape index (κ3) is 7.60. The first-order valence-electron chi connectivity index (χ1n) is 11.9. The fourth-order valence-electron chi connectivity index (χ4n) is 4.10. The first kappa shape index (κ1) is 28.4. The molecule has 0 aromatic carbocycles. The number of hydrogen-bond acceptors (Lipinski definition) is 5. The molecule has 0 radical (unpaired) electrons. The molecule has 2 rings (SSSR count). The van der Waals surface area contributed by atoms with E-state index in [4.69, 9.17) is 0 Å². The van der Waals surface area contributed by atoms with Crippen molar-refractivity contribution in [1.29, 1.82) is 0 Å². The van der Waals surface area contributed by atoms with E-state index in [1.165, 1.54) is 10.6 Å². The minimum atomic E-state index is -1.08. The molecule has 8 heteroatoms. The van der Waals surface area contributed by atoms with Crippen LogP contribution in [0.3, 0.4) is 0 Å². The van der Waals surface area contributed by atoms with E-state index in [0.29, 0.717) is 17.6 Å². The number of pyridine rings is 2. The summed E-state index contributed by atoms with van der Waals surface area (Å²) in [6.45, 7) is 13.7. The monoisotopic (exact) mass is 492 g/mol. The van der Waals surface area contributed by atoms with Crippen LogP contribution in [-0.4, -0.2) is 45.8 Å². The summed E-state index contributed by atoms with van der Waals surface area (Å²) in [5.41, 5.74) is 4.28. The van der Waals surface area contributed by atoms with Gasteiger partial charge < -0.3 is 15.0 Å². The molecule has 0 aliphatic heterocycles. The number of rotatable bonds is 11. The zero-order valence-corrected chi connectivity index (χ0v) is 21.9. The Morgan fingerprint density at radius 3 is 2.50 bits per heavy atom. The Hall–Kier alpha value is -3.81. The van der Waals surface area contributed by atoms with Crippen LogP contribution in [0, 0.1) is 26.7 Å². The molecule has 0 aliphatic carbocycles. The Kier molecular flexibility index (Phi) is 10.1. The maximum absolute atomic E-state index is 13.4. The zero-order chi connectivity index (χ0) is 27.0. The molecular formula is C28H36N4O4. The third-order valence-corrected chi connectivity index (χ3v) is 5.83. The van der Waals surface area contributed by atoms with Crippen LogP contribution in [0.4, 0.5) is 0 Å². The summed E-state index contributed by atoms with van der Waals surface area (Å²) in [5.74, 6) is -1.39. The number of aliphatic imine (C=N–C) groups is 1. The molecule has 1 unspecified atom stereocenters. The molecule has 2 atom stereocenters. The fraction of sp³-hybridized carbons (Fsp3) is 0.393. The lowest BCUT2D eigenvalue weighted by atomic mass is 9.95. The smallest absolute Gasteiger partial charge is 0.305 e. The predicted octanol–water partition coefficient (Wildman–Crippen LogP) is 4.06. The van der Waals surface area contributed by atoms with Gasteiger partial charge in [-0.15, -0.1) is 0 Å². The van der Waals surface area contributed by atoms with Gasteiger partial charge in [-0.3, -0.25) is 24.4 Å². The van der Waals surface area contributed by atoms with Gasteiger partial charge >= 0.3 is 5.97 Å². The Morgan fingerprint density at radius 2 is 1.94 bits per heavy atom. The van der Waals surface area contributed by atoms with Crippen molar-refractivity contribution in [3.63, 3.8) is 0 Å². The molecule has 0 aliphatic rings. The van der Waals surface area contributed by atoms with Crippen molar-refractivity contribution < 1.29 is 14.7 Å². The topological polar surface area (TPSA) is 114 Å². The first-order valence-corrected chi connectivity index (χ1v) is 11.9. The van der Waals surface area contributed by atoms with Gasteiger partial charge in [-0.25, -0.2) is 0 Å². The van der Waals surface area contributed by atoms with Crippen molar-refractivity contribution >= 4 is 23.7 Å². The summed E-state index contributed by atoms with van der Waals surface area (Å²) in [6, 6.07) is 3.46. The summed E-state index contributed by atoms with van der Waals surface area (Å²) in [7, 11) is 1.64. The summed E-state index contributed by atoms with van der Waals surface area (Å²) in [6.07, 6.45) is 6.77. The van der Waals surface area contributed by atoms with Gasteiger partial charge in [0.2, 0.25) is 5.91 Å². The molecule has 2 heterocycles. The average Bonchev–Trinajstić information content (AvgIpc) is 2.77. The molecule has 0 fully saturated rings. The largest absolute Gasteiger partial charge is 0.481 e. The molecular weight excluding hydrogens is 456 g/mol. The SMILES string of the molecule is C=C(/C=C(\C=N/C)c1c(C)ccnc1C)[C@@H](CC(=O)O)NC(=O)C(CC(C)C)n1ccc(C)cc1=O. The van der Waals surface area contributed by atoms with Crippen molar-refractivity contribution in [1.82, 2.24) is 14.9 Å². The fourth-order valence-corrected chi connectivity index (χ4v) is 4.10. The zero-order valence-electron chi connectivity index (χ0n) is 21.9. The Morgan fingerprint density at radius 1 is 1.25 bits per heavy atom. The summed E-state index contributed by atoms with van der Waals surface area (Å²) in [4.78, 5) is 46.3. The van der Waals surface area contributed by atoms with Gasteiger partial charge in [0.25, 0.3) is 5.56 Å². The number of allylic oxidation sites excluding steroid dienone is 1. The van der Waals surface area contributed by atoms with E-state index in [-0.39, 0.29) is 17.9 Å². The van der Waals surface area contributed by atoms with Gasteiger partial charge in [0.1, 0.15) is 6.04 Å². The number of carbonyl (C=O) groups is 2. The van der Waals surface area contributed by atoms with Crippen molar-refractivity contribution in [2.24, 2.45) is 10.9 Å². The van der Waals surface area contributed by atoms with E-state index >= 15 is 0 Å². The highest BCUT2D eigenvalue weighted by Gasteiger charge is 2.27. The predicted molar refractivity (Wildman–Crippen MR) is 143 cm³/mol. The molecule has 36 heavy (non-hydrogen) atoms. The first-order chi connectivity index (χ1) is 16.9. The van der Waals surface area contributed by atoms with Crippen molar-refractivity contribution in [2.45, 2.75) is 59.5 Å². The number of aryl methyl sites for hydroxylation is 3. The Bertz CT molecular complexity index is 1220. The van der Waals surface area contributed by atoms with Crippen molar-refractivity contribution in [3.8, 4) is 0 Å². The number of carbonyl (C=O) groups excluding carboxylic acids is 1. The molecule has 0 spiro atoms. The van der Waals surface area contributed by atoms with Crippen LogP contribution in [0.2, 0.25) is 0 Å². The lowest BCUT2D eigenvalue weighted by molar-refractivity contribution is -0.137. The standard InChI is InChI=1S/C28H36N4O4/c1-17(2)12-24(32-11-9-18(3)13-25(32)33)28(36)31-23(15-26(34)35)20(5)14-22(16-29-7)27-19(4)8-10-30-21(27)6/h8-11,13-14,16-17,23-24H,5,12,15H2,1-4,6-7H3,(H,31,36)(H,34,35)/b22-14+,29-16-/t23-,24?/m1/s1. The van der Waals surface area contributed by atoms with Gasteiger partial charge in [-0.1, -0.05) is 20.4 Å². The number of amides is 1. The van der Waals surface area contributed by atoms with E-state index in [0.717, 1.165) is 22.4 Å². The number of aromatic nitrogens is 2. The van der Waals surface area contributed by atoms with Crippen LogP contribution in [0.25, 0.3) is 5.57 Å². The normalized spacial score (nSPS) is 13.6. The quantitative estimate of drug-likeness (QED) is 0.363. The minimum absolute atomic E-state index is 0.124. The number of nitrogens with one attached hydrogen (secondary N) is 1. The summed E-state index contributed by atoms with van der Waals surface area (Å²) < 4.78 is 1.40. The van der Waals surface area contributed by atoms with E-state index in [1.807, 2.05) is 40.7 Å². The third-order valence-electron chi connectivity index (χ3n) is 5.83. The minimum Gasteiger partial charge on any atom is -0.481 e. The van der Waals surface area contributed by atoms with Crippen LogP contribution in [0.1, 0.15) is 55.1 Å². The lowest BCUT2D eigenvalue weighted by Gasteiger charge is -2.25.